The van der Waals surface area contributed by atoms with Gasteiger partial charge in [0.15, 0.2) is 9.84 Å². The fraction of sp³-hybridized carbons (Fsp3) is 0.462. The molecular formula is C13H16O5S. The first-order valence-electron chi connectivity index (χ1n) is 6.09. The van der Waals surface area contributed by atoms with Gasteiger partial charge in [0.2, 0.25) is 0 Å². The summed E-state index contributed by atoms with van der Waals surface area (Å²) >= 11 is 0. The fourth-order valence-corrected chi connectivity index (χ4v) is 4.13. The maximum Gasteiger partial charge on any atom is 0.310 e. The minimum absolute atomic E-state index is 0.000463. The van der Waals surface area contributed by atoms with Crippen molar-refractivity contribution in [2.45, 2.75) is 6.42 Å². The van der Waals surface area contributed by atoms with E-state index in [1.165, 1.54) is 0 Å². The van der Waals surface area contributed by atoms with E-state index in [4.69, 9.17) is 4.74 Å². The van der Waals surface area contributed by atoms with Gasteiger partial charge in [-0.2, -0.15) is 0 Å². The first kappa shape index (κ1) is 13.9. The molecule has 2 atom stereocenters. The highest BCUT2D eigenvalue weighted by molar-refractivity contribution is 7.91. The molecule has 1 heterocycles. The lowest BCUT2D eigenvalue weighted by molar-refractivity contribution is -0.144. The van der Waals surface area contributed by atoms with E-state index in [0.29, 0.717) is 12.2 Å². The lowest BCUT2D eigenvalue weighted by atomic mass is 9.93. The number of carboxylic acid groups (broad SMARTS) is 1. The predicted octanol–water partition coefficient (Wildman–Crippen LogP) is 1.20. The van der Waals surface area contributed by atoms with E-state index in [0.717, 1.165) is 0 Å². The molecule has 1 aromatic rings. The van der Waals surface area contributed by atoms with Gasteiger partial charge < -0.3 is 9.84 Å². The van der Waals surface area contributed by atoms with Crippen molar-refractivity contribution < 1.29 is 23.1 Å². The monoisotopic (exact) mass is 284 g/mol. The lowest BCUT2D eigenvalue weighted by Gasteiger charge is -2.18. The van der Waals surface area contributed by atoms with Crippen LogP contribution < -0.4 is 4.74 Å². The maximum absolute atomic E-state index is 11.4. The second-order valence-corrected chi connectivity index (χ2v) is 6.96. The molecule has 5 nitrogen and oxygen atoms in total. The van der Waals surface area contributed by atoms with Crippen LogP contribution in [-0.4, -0.2) is 37.6 Å². The third-order valence-corrected chi connectivity index (χ3v) is 5.12. The molecule has 104 valence electrons. The van der Waals surface area contributed by atoms with Gasteiger partial charge in [0.25, 0.3) is 0 Å². The first-order chi connectivity index (χ1) is 8.98. The molecule has 0 spiro atoms. The summed E-state index contributed by atoms with van der Waals surface area (Å²) in [7, 11) is -3.08. The molecule has 1 aliphatic heterocycles. The molecule has 1 aliphatic rings. The third kappa shape index (κ3) is 3.70. The summed E-state index contributed by atoms with van der Waals surface area (Å²) in [5.41, 5.74) is 0. The number of sulfone groups is 1. The number of rotatable bonds is 5. The van der Waals surface area contributed by atoms with Crippen LogP contribution in [0.25, 0.3) is 0 Å². The van der Waals surface area contributed by atoms with Gasteiger partial charge in [-0.1, -0.05) is 18.2 Å². The predicted molar refractivity (Wildman–Crippen MR) is 69.8 cm³/mol. The molecule has 0 radical (unpaired) electrons. The Morgan fingerprint density at radius 3 is 2.58 bits per heavy atom. The van der Waals surface area contributed by atoms with Crippen molar-refractivity contribution >= 4 is 15.8 Å². The SMILES string of the molecule is O=C(O)C(COc1ccccc1)C1CCS(=O)(=O)C1. The number of aliphatic carboxylic acids is 1. The molecule has 19 heavy (non-hydrogen) atoms. The zero-order valence-corrected chi connectivity index (χ0v) is 11.2. The average molecular weight is 284 g/mol. The third-order valence-electron chi connectivity index (χ3n) is 3.33. The molecule has 0 saturated carbocycles. The molecule has 0 amide bonds. The highest BCUT2D eigenvalue weighted by Crippen LogP contribution is 2.27. The molecular weight excluding hydrogens is 268 g/mol. The number of carboxylic acids is 1. The summed E-state index contributed by atoms with van der Waals surface area (Å²) in [5.74, 6) is -1.52. The number of ether oxygens (including phenoxy) is 1. The number of para-hydroxylation sites is 1. The molecule has 1 fully saturated rings. The summed E-state index contributed by atoms with van der Waals surface area (Å²) < 4.78 is 28.3. The van der Waals surface area contributed by atoms with E-state index in [9.17, 15) is 18.3 Å². The Bertz CT molecular complexity index is 537. The fourth-order valence-electron chi connectivity index (χ4n) is 2.25. The molecule has 2 unspecified atom stereocenters. The van der Waals surface area contributed by atoms with Crippen molar-refractivity contribution in [3.05, 3.63) is 30.3 Å². The van der Waals surface area contributed by atoms with Crippen LogP contribution in [0.2, 0.25) is 0 Å². The van der Waals surface area contributed by atoms with Gasteiger partial charge in [0, 0.05) is 0 Å². The summed E-state index contributed by atoms with van der Waals surface area (Å²) in [6, 6.07) is 8.91. The molecule has 0 aliphatic carbocycles. The Morgan fingerprint density at radius 2 is 2.05 bits per heavy atom. The second kappa shape index (κ2) is 5.61. The summed E-state index contributed by atoms with van der Waals surface area (Å²) in [4.78, 5) is 11.2. The summed E-state index contributed by atoms with van der Waals surface area (Å²) in [5, 5.41) is 9.21. The number of carbonyl (C=O) groups is 1. The Morgan fingerprint density at radius 1 is 1.37 bits per heavy atom. The van der Waals surface area contributed by atoms with Crippen LogP contribution in [0.5, 0.6) is 5.75 Å². The quantitative estimate of drug-likeness (QED) is 0.878. The normalized spacial score (nSPS) is 22.8. The van der Waals surface area contributed by atoms with Crippen LogP contribution in [-0.2, 0) is 14.6 Å². The Hall–Kier alpha value is -1.56. The minimum atomic E-state index is -3.08. The molecule has 1 N–H and O–H groups in total. The smallest absolute Gasteiger partial charge is 0.310 e. The Labute approximate surface area is 112 Å². The highest BCUT2D eigenvalue weighted by Gasteiger charge is 2.37. The summed E-state index contributed by atoms with van der Waals surface area (Å²) in [6.07, 6.45) is 0.400. The van der Waals surface area contributed by atoms with Gasteiger partial charge >= 0.3 is 5.97 Å². The van der Waals surface area contributed by atoms with Gasteiger partial charge in [0.1, 0.15) is 12.4 Å². The van der Waals surface area contributed by atoms with E-state index in [-0.39, 0.29) is 24.0 Å². The van der Waals surface area contributed by atoms with Crippen molar-refractivity contribution in [2.75, 3.05) is 18.1 Å². The number of benzene rings is 1. The Balaban J connectivity index is 2.00. The van der Waals surface area contributed by atoms with E-state index < -0.39 is 21.7 Å². The molecule has 6 heteroatoms. The molecule has 2 rings (SSSR count). The van der Waals surface area contributed by atoms with Crippen LogP contribution in [0.15, 0.2) is 30.3 Å². The zero-order chi connectivity index (χ0) is 13.9. The minimum Gasteiger partial charge on any atom is -0.493 e. The number of hydrogen-bond acceptors (Lipinski definition) is 4. The highest BCUT2D eigenvalue weighted by atomic mass is 32.2. The molecule has 1 saturated heterocycles. The average Bonchev–Trinajstić information content (AvgIpc) is 2.71. The van der Waals surface area contributed by atoms with Crippen LogP contribution in [0.1, 0.15) is 6.42 Å². The van der Waals surface area contributed by atoms with Crippen molar-refractivity contribution in [2.24, 2.45) is 11.8 Å². The van der Waals surface area contributed by atoms with Gasteiger partial charge in [-0.15, -0.1) is 0 Å². The van der Waals surface area contributed by atoms with Crippen LogP contribution in [0.3, 0.4) is 0 Å². The number of hydrogen-bond donors (Lipinski definition) is 1. The van der Waals surface area contributed by atoms with Crippen molar-refractivity contribution in [1.82, 2.24) is 0 Å². The van der Waals surface area contributed by atoms with E-state index in [1.54, 1.807) is 24.3 Å². The first-order valence-corrected chi connectivity index (χ1v) is 7.91. The van der Waals surface area contributed by atoms with Crippen LogP contribution >= 0.6 is 0 Å². The van der Waals surface area contributed by atoms with Crippen molar-refractivity contribution in [3.63, 3.8) is 0 Å². The van der Waals surface area contributed by atoms with Crippen molar-refractivity contribution in [1.29, 1.82) is 0 Å². The van der Waals surface area contributed by atoms with Gasteiger partial charge in [-0.25, -0.2) is 8.42 Å². The van der Waals surface area contributed by atoms with Gasteiger partial charge in [-0.3, -0.25) is 4.79 Å². The summed E-state index contributed by atoms with van der Waals surface area (Å²) in [6.45, 7) is -0.000463. The molecule has 1 aromatic carbocycles. The zero-order valence-electron chi connectivity index (χ0n) is 10.4. The van der Waals surface area contributed by atoms with Gasteiger partial charge in [-0.05, 0) is 24.5 Å². The Kier molecular flexibility index (Phi) is 4.09. The maximum atomic E-state index is 11.4. The lowest BCUT2D eigenvalue weighted by Crippen LogP contribution is -2.30. The van der Waals surface area contributed by atoms with E-state index >= 15 is 0 Å². The standard InChI is InChI=1S/C13H16O5S/c14-13(15)12(10-6-7-19(16,17)9-10)8-18-11-4-2-1-3-5-11/h1-5,10,12H,6-9H2,(H,14,15). The van der Waals surface area contributed by atoms with Crippen LogP contribution in [0, 0.1) is 11.8 Å². The van der Waals surface area contributed by atoms with Crippen LogP contribution in [0.4, 0.5) is 0 Å². The second-order valence-electron chi connectivity index (χ2n) is 4.73. The van der Waals surface area contributed by atoms with E-state index in [1.807, 2.05) is 6.07 Å². The largest absolute Gasteiger partial charge is 0.493 e. The topological polar surface area (TPSA) is 80.7 Å². The van der Waals surface area contributed by atoms with Crippen molar-refractivity contribution in [3.8, 4) is 5.75 Å². The van der Waals surface area contributed by atoms with Gasteiger partial charge in [0.05, 0.1) is 17.4 Å². The molecule has 0 bridgehead atoms. The molecule has 0 aromatic heterocycles. The van der Waals surface area contributed by atoms with E-state index in [2.05, 4.69) is 0 Å².